The molecule has 0 aliphatic carbocycles. The van der Waals surface area contributed by atoms with E-state index in [2.05, 4.69) is 27.7 Å². The Labute approximate surface area is 197 Å². The van der Waals surface area contributed by atoms with Gasteiger partial charge in [-0.1, -0.05) is 26.2 Å². The van der Waals surface area contributed by atoms with E-state index in [1.807, 2.05) is 0 Å². The number of hydrogen-bond acceptors (Lipinski definition) is 1. The van der Waals surface area contributed by atoms with Gasteiger partial charge in [-0.3, -0.25) is 0 Å². The van der Waals surface area contributed by atoms with E-state index in [0.29, 0.717) is 0 Å². The van der Waals surface area contributed by atoms with Gasteiger partial charge in [-0.05, 0) is 0 Å². The molecule has 0 unspecified atom stereocenters. The van der Waals surface area contributed by atoms with Crippen molar-refractivity contribution < 1.29 is 5.48 Å². The summed E-state index contributed by atoms with van der Waals surface area (Å²) in [7, 11) is 0. The quantitative estimate of drug-likeness (QED) is 0.0893. The van der Waals surface area contributed by atoms with Crippen LogP contribution < -0.4 is 0 Å². The standard InChI is InChI=1S/C16H33.3C4H9.H2O.Sb/c1-3-5-7-9-11-13-15-16-14-12-10-8-6-4-2;3*1-3-4-2;;/h1,3-16H2,2H3;3*1,3-4H2,2H3;1H2;/q;;;;;+1/p-1. The zero-order valence-electron chi connectivity index (χ0n) is 21.9. The van der Waals surface area contributed by atoms with Crippen molar-refractivity contribution in [3.8, 4) is 0 Å². The third kappa shape index (κ3) is 20.7. The van der Waals surface area contributed by atoms with Gasteiger partial charge in [0.05, 0.1) is 0 Å². The summed E-state index contributed by atoms with van der Waals surface area (Å²) in [4.78, 5) is 0. The first kappa shape index (κ1) is 33.0. The van der Waals surface area contributed by atoms with E-state index < -0.39 is 18.8 Å². The van der Waals surface area contributed by atoms with Gasteiger partial charge in [-0.25, -0.2) is 0 Å². The minimum atomic E-state index is -1.69. The van der Waals surface area contributed by atoms with E-state index in [1.54, 1.807) is 23.9 Å². The molecule has 0 radical (unpaired) electrons. The number of unbranched alkanes of at least 4 members (excludes halogenated alkanes) is 16. The molecule has 0 aromatic carbocycles. The minimum absolute atomic E-state index is 0. The maximum Gasteiger partial charge on any atom is -0.870 e. The van der Waals surface area contributed by atoms with Crippen LogP contribution in [0.2, 0.25) is 17.5 Å². The van der Waals surface area contributed by atoms with Crippen molar-refractivity contribution in [1.82, 2.24) is 0 Å². The summed E-state index contributed by atoms with van der Waals surface area (Å²) >= 11 is -1.69. The molecule has 0 heterocycles. The Morgan fingerprint density at radius 3 is 0.833 bits per heavy atom. The Kier molecular flexibility index (Phi) is 28.6. The number of rotatable bonds is 24. The Morgan fingerprint density at radius 2 is 0.533 bits per heavy atom. The molecule has 2 heteroatoms. The van der Waals surface area contributed by atoms with Crippen LogP contribution in [0.4, 0.5) is 0 Å². The Bertz CT molecular complexity index is 283. The Hall–Kier alpha value is 0.778. The topological polar surface area (TPSA) is 30.0 Å². The molecule has 0 fully saturated rings. The molecule has 0 saturated carbocycles. The fraction of sp³-hybridized carbons (Fsp3) is 1.00. The van der Waals surface area contributed by atoms with Crippen molar-refractivity contribution in [1.29, 1.82) is 0 Å². The van der Waals surface area contributed by atoms with Crippen molar-refractivity contribution in [2.24, 2.45) is 0 Å². The van der Waals surface area contributed by atoms with E-state index in [-0.39, 0.29) is 5.48 Å². The summed E-state index contributed by atoms with van der Waals surface area (Å²) in [6.45, 7) is 9.52. The SMILES string of the molecule is CCCCCCCCCCCCCCC[CH2][Sb+]([CH2]CCC)([CH2]CCC)[CH2]CCC.[OH-]. The van der Waals surface area contributed by atoms with Crippen LogP contribution in [0.5, 0.6) is 0 Å². The normalized spacial score (nSPS) is 11.6. The van der Waals surface area contributed by atoms with Gasteiger partial charge in [0.25, 0.3) is 0 Å². The predicted octanol–water partition coefficient (Wildman–Crippen LogP) is 11.1. The van der Waals surface area contributed by atoms with E-state index in [1.165, 1.54) is 122 Å². The third-order valence-corrected chi connectivity index (χ3v) is 21.4. The summed E-state index contributed by atoms with van der Waals surface area (Å²) in [6, 6.07) is 0. The van der Waals surface area contributed by atoms with E-state index in [9.17, 15) is 0 Å². The maximum atomic E-state index is 2.40. The monoisotopic (exact) mass is 534 g/mol. The molecule has 30 heavy (non-hydrogen) atoms. The summed E-state index contributed by atoms with van der Waals surface area (Å²) in [5.41, 5.74) is 0. The summed E-state index contributed by atoms with van der Waals surface area (Å²) in [6.07, 6.45) is 29.8. The molecular weight excluding hydrogens is 474 g/mol. The average molecular weight is 536 g/mol. The molecule has 0 spiro atoms. The van der Waals surface area contributed by atoms with E-state index >= 15 is 0 Å². The van der Waals surface area contributed by atoms with Crippen LogP contribution in [0.15, 0.2) is 0 Å². The second-order valence-corrected chi connectivity index (χ2v) is 22.7. The van der Waals surface area contributed by atoms with Gasteiger partial charge in [-0.2, -0.15) is 0 Å². The Balaban J connectivity index is 0. The van der Waals surface area contributed by atoms with Crippen LogP contribution in [0.1, 0.15) is 156 Å². The first-order valence-electron chi connectivity index (χ1n) is 14.1. The van der Waals surface area contributed by atoms with Crippen LogP contribution in [0.25, 0.3) is 0 Å². The fourth-order valence-corrected chi connectivity index (χ4v) is 19.6. The maximum absolute atomic E-state index is 2.40. The fourth-order valence-electron chi connectivity index (χ4n) is 4.79. The van der Waals surface area contributed by atoms with Crippen LogP contribution in [0.3, 0.4) is 0 Å². The van der Waals surface area contributed by atoms with Crippen molar-refractivity contribution in [2.75, 3.05) is 0 Å². The molecule has 0 saturated heterocycles. The van der Waals surface area contributed by atoms with Crippen LogP contribution in [-0.2, 0) is 0 Å². The molecule has 0 rings (SSSR count). The molecule has 0 aromatic heterocycles. The molecule has 1 N–H and O–H groups in total. The van der Waals surface area contributed by atoms with Crippen LogP contribution in [0, 0.1) is 0 Å². The van der Waals surface area contributed by atoms with Gasteiger partial charge < -0.3 is 5.48 Å². The molecule has 0 atom stereocenters. The van der Waals surface area contributed by atoms with Crippen molar-refractivity contribution >= 4 is 18.8 Å². The van der Waals surface area contributed by atoms with Gasteiger partial charge in [0, 0.05) is 0 Å². The summed E-state index contributed by atoms with van der Waals surface area (Å²) < 4.78 is 6.82. The van der Waals surface area contributed by atoms with Gasteiger partial charge in [0.15, 0.2) is 0 Å². The molecule has 1 nitrogen and oxygen atoms in total. The van der Waals surface area contributed by atoms with Gasteiger partial charge in [0.2, 0.25) is 0 Å². The molecule has 0 amide bonds. The van der Waals surface area contributed by atoms with Crippen molar-refractivity contribution in [2.45, 2.75) is 174 Å². The summed E-state index contributed by atoms with van der Waals surface area (Å²) in [5, 5.41) is 0. The molecule has 0 aromatic rings. The van der Waals surface area contributed by atoms with Crippen LogP contribution in [-0.4, -0.2) is 24.3 Å². The first-order valence-corrected chi connectivity index (χ1v) is 21.3. The van der Waals surface area contributed by atoms with Gasteiger partial charge in [-0.15, -0.1) is 0 Å². The van der Waals surface area contributed by atoms with Crippen LogP contribution >= 0.6 is 0 Å². The smallest absolute Gasteiger partial charge is 0.870 e. The molecule has 0 aliphatic rings. The molecular formula is C28H61OSb. The Morgan fingerprint density at radius 1 is 0.300 bits per heavy atom. The zero-order valence-corrected chi connectivity index (χ0v) is 24.4. The second kappa shape index (κ2) is 26.0. The zero-order chi connectivity index (χ0) is 21.5. The second-order valence-electron chi connectivity index (χ2n) is 9.89. The molecule has 0 aliphatic heterocycles. The third-order valence-electron chi connectivity index (χ3n) is 6.94. The van der Waals surface area contributed by atoms with Crippen molar-refractivity contribution in [3.63, 3.8) is 0 Å². The molecule has 184 valence electrons. The summed E-state index contributed by atoms with van der Waals surface area (Å²) in [5.74, 6) is 0. The van der Waals surface area contributed by atoms with Gasteiger partial charge >= 0.3 is 166 Å². The van der Waals surface area contributed by atoms with Crippen molar-refractivity contribution in [3.05, 3.63) is 0 Å². The largest absolute Gasteiger partial charge is 0.870 e. The first-order chi connectivity index (χ1) is 14.2. The minimum Gasteiger partial charge on any atom is -0.870 e. The molecule has 0 bridgehead atoms. The van der Waals surface area contributed by atoms with E-state index in [4.69, 9.17) is 0 Å². The van der Waals surface area contributed by atoms with Gasteiger partial charge in [0.1, 0.15) is 0 Å². The number of hydrogen-bond donors (Lipinski definition) is 0. The van der Waals surface area contributed by atoms with E-state index in [0.717, 1.165) is 0 Å². The average Bonchev–Trinajstić information content (AvgIpc) is 2.74. The predicted molar refractivity (Wildman–Crippen MR) is 142 cm³/mol.